The molecule has 0 spiro atoms. The molecule has 2 N–H and O–H groups in total. The van der Waals surface area contributed by atoms with Gasteiger partial charge < -0.3 is 9.84 Å². The number of benzene rings is 1. The predicted octanol–water partition coefficient (Wildman–Crippen LogP) is 1.26. The van der Waals surface area contributed by atoms with Gasteiger partial charge in [-0.25, -0.2) is 0 Å². The Kier molecular flexibility index (Phi) is 6.98. The first-order valence-electron chi connectivity index (χ1n) is 4.99. The number of methoxy groups -OCH3 is 1. The lowest BCUT2D eigenvalue weighted by Gasteiger charge is -2.00. The average Bonchev–Trinajstić information content (AvgIpc) is 2.28. The molecule has 17 heavy (non-hydrogen) atoms. The van der Waals surface area contributed by atoms with Crippen LogP contribution in [-0.2, 0) is 14.9 Å². The molecule has 0 radical (unpaired) electrons. The SMILES string of the molecule is CO[C@H](C)CO.Cc1ccc(S(=O)(=O)O)cc1. The molecule has 0 saturated carbocycles. The van der Waals surface area contributed by atoms with Gasteiger partial charge in [0.05, 0.1) is 17.6 Å². The summed E-state index contributed by atoms with van der Waals surface area (Å²) in [6.45, 7) is 3.75. The van der Waals surface area contributed by atoms with Crippen LogP contribution >= 0.6 is 0 Å². The van der Waals surface area contributed by atoms with Gasteiger partial charge in [0.2, 0.25) is 0 Å². The Balaban J connectivity index is 0.000000366. The molecule has 0 aliphatic heterocycles. The van der Waals surface area contributed by atoms with E-state index in [1.165, 1.54) is 12.1 Å². The summed E-state index contributed by atoms with van der Waals surface area (Å²) < 4.78 is 34.2. The van der Waals surface area contributed by atoms with Crippen molar-refractivity contribution in [3.05, 3.63) is 29.8 Å². The maximum atomic E-state index is 10.5. The van der Waals surface area contributed by atoms with E-state index in [9.17, 15) is 8.42 Å². The lowest BCUT2D eigenvalue weighted by Crippen LogP contribution is -2.08. The lowest BCUT2D eigenvalue weighted by atomic mass is 10.2. The van der Waals surface area contributed by atoms with Crippen LogP contribution in [0.15, 0.2) is 29.2 Å². The zero-order chi connectivity index (χ0) is 13.5. The first kappa shape index (κ1) is 16.1. The topological polar surface area (TPSA) is 83.8 Å². The summed E-state index contributed by atoms with van der Waals surface area (Å²) in [5.74, 6) is 0. The second kappa shape index (κ2) is 7.39. The van der Waals surface area contributed by atoms with E-state index in [0.717, 1.165) is 5.56 Å². The maximum Gasteiger partial charge on any atom is 0.294 e. The first-order valence-corrected chi connectivity index (χ1v) is 6.43. The standard InChI is InChI=1S/C7H8O3S.C4H10O2/c1-6-2-4-7(5-3-6)11(8,9)10;1-4(3-5)6-2/h2-5H,1H3,(H,8,9,10);4-5H,3H2,1-2H3/t;4-/m.1/s1. The van der Waals surface area contributed by atoms with E-state index in [1.54, 1.807) is 26.2 Å². The lowest BCUT2D eigenvalue weighted by molar-refractivity contribution is 0.0623. The molecule has 1 atom stereocenters. The van der Waals surface area contributed by atoms with Gasteiger partial charge in [-0.05, 0) is 26.0 Å². The Labute approximate surface area is 102 Å². The highest BCUT2D eigenvalue weighted by molar-refractivity contribution is 7.85. The molecule has 5 nitrogen and oxygen atoms in total. The molecular formula is C11H18O5S. The van der Waals surface area contributed by atoms with Gasteiger partial charge in [-0.15, -0.1) is 0 Å². The van der Waals surface area contributed by atoms with Crippen LogP contribution < -0.4 is 0 Å². The van der Waals surface area contributed by atoms with Crippen LogP contribution in [0.4, 0.5) is 0 Å². The third-order valence-corrected chi connectivity index (χ3v) is 2.85. The minimum Gasteiger partial charge on any atom is -0.394 e. The molecule has 1 aromatic carbocycles. The smallest absolute Gasteiger partial charge is 0.294 e. The monoisotopic (exact) mass is 262 g/mol. The molecule has 1 rings (SSSR count). The summed E-state index contributed by atoms with van der Waals surface area (Å²) in [7, 11) is -2.45. The van der Waals surface area contributed by atoms with Crippen molar-refractivity contribution in [1.29, 1.82) is 0 Å². The molecule has 0 aliphatic carbocycles. The first-order chi connectivity index (χ1) is 7.81. The van der Waals surface area contributed by atoms with Crippen LogP contribution in [0.25, 0.3) is 0 Å². The van der Waals surface area contributed by atoms with E-state index in [-0.39, 0.29) is 17.6 Å². The second-order valence-corrected chi connectivity index (χ2v) is 4.94. The molecule has 0 amide bonds. The maximum absolute atomic E-state index is 10.5. The molecule has 0 aromatic heterocycles. The van der Waals surface area contributed by atoms with Gasteiger partial charge in [-0.3, -0.25) is 4.55 Å². The summed E-state index contributed by atoms with van der Waals surface area (Å²) in [4.78, 5) is -0.0666. The minimum atomic E-state index is -4.02. The number of hydrogen-bond acceptors (Lipinski definition) is 4. The van der Waals surface area contributed by atoms with Gasteiger partial charge in [0.1, 0.15) is 0 Å². The Hall–Kier alpha value is -0.950. The highest BCUT2D eigenvalue weighted by atomic mass is 32.2. The Morgan fingerprint density at radius 2 is 1.76 bits per heavy atom. The van der Waals surface area contributed by atoms with Crippen molar-refractivity contribution in [2.75, 3.05) is 13.7 Å². The van der Waals surface area contributed by atoms with E-state index in [4.69, 9.17) is 9.66 Å². The van der Waals surface area contributed by atoms with E-state index in [1.807, 2.05) is 6.92 Å². The third kappa shape index (κ3) is 7.06. The van der Waals surface area contributed by atoms with Crippen LogP contribution in [0.1, 0.15) is 12.5 Å². The van der Waals surface area contributed by atoms with Crippen molar-refractivity contribution in [2.45, 2.75) is 24.8 Å². The molecule has 0 saturated heterocycles. The highest BCUT2D eigenvalue weighted by Crippen LogP contribution is 2.08. The fourth-order valence-corrected chi connectivity index (χ4v) is 1.26. The zero-order valence-corrected chi connectivity index (χ0v) is 10.9. The third-order valence-electron chi connectivity index (χ3n) is 1.98. The largest absolute Gasteiger partial charge is 0.394 e. The van der Waals surface area contributed by atoms with Crippen molar-refractivity contribution in [1.82, 2.24) is 0 Å². The number of aliphatic hydroxyl groups is 1. The molecule has 0 heterocycles. The Morgan fingerprint density at radius 3 is 2.00 bits per heavy atom. The average molecular weight is 262 g/mol. The van der Waals surface area contributed by atoms with E-state index in [2.05, 4.69) is 4.74 Å². The van der Waals surface area contributed by atoms with Crippen molar-refractivity contribution in [3.63, 3.8) is 0 Å². The molecule has 0 fully saturated rings. The molecular weight excluding hydrogens is 244 g/mol. The van der Waals surface area contributed by atoms with Crippen molar-refractivity contribution < 1.29 is 22.8 Å². The van der Waals surface area contributed by atoms with Gasteiger partial charge in [0.25, 0.3) is 10.1 Å². The zero-order valence-electron chi connectivity index (χ0n) is 10.1. The summed E-state index contributed by atoms with van der Waals surface area (Å²) in [5, 5.41) is 8.21. The number of ether oxygens (including phenoxy) is 1. The number of aryl methyl sites for hydroxylation is 1. The molecule has 0 aliphatic rings. The molecule has 0 unspecified atom stereocenters. The molecule has 0 bridgehead atoms. The number of hydrogen-bond donors (Lipinski definition) is 2. The quantitative estimate of drug-likeness (QED) is 0.801. The van der Waals surface area contributed by atoms with Gasteiger partial charge in [0.15, 0.2) is 0 Å². The van der Waals surface area contributed by atoms with Gasteiger partial charge in [-0.1, -0.05) is 17.7 Å². The van der Waals surface area contributed by atoms with Crippen LogP contribution in [-0.4, -0.2) is 37.9 Å². The molecule has 6 heteroatoms. The van der Waals surface area contributed by atoms with Crippen molar-refractivity contribution >= 4 is 10.1 Å². The van der Waals surface area contributed by atoms with Crippen LogP contribution in [0, 0.1) is 6.92 Å². The van der Waals surface area contributed by atoms with Crippen molar-refractivity contribution in [2.24, 2.45) is 0 Å². The van der Waals surface area contributed by atoms with Gasteiger partial charge in [0, 0.05) is 7.11 Å². The van der Waals surface area contributed by atoms with E-state index in [0.29, 0.717) is 0 Å². The summed E-state index contributed by atoms with van der Waals surface area (Å²) in [6.07, 6.45) is -0.00926. The Morgan fingerprint density at radius 1 is 1.29 bits per heavy atom. The van der Waals surface area contributed by atoms with Crippen LogP contribution in [0.5, 0.6) is 0 Å². The normalized spacial score (nSPS) is 12.5. The Bertz CT molecular complexity index is 406. The van der Waals surface area contributed by atoms with Gasteiger partial charge >= 0.3 is 0 Å². The van der Waals surface area contributed by atoms with Crippen LogP contribution in [0.2, 0.25) is 0 Å². The molecule has 1 aromatic rings. The second-order valence-electron chi connectivity index (χ2n) is 3.52. The summed E-state index contributed by atoms with van der Waals surface area (Å²) >= 11 is 0. The van der Waals surface area contributed by atoms with Crippen LogP contribution in [0.3, 0.4) is 0 Å². The predicted molar refractivity (Wildman–Crippen MR) is 64.6 cm³/mol. The summed E-state index contributed by atoms with van der Waals surface area (Å²) in [6, 6.07) is 5.99. The van der Waals surface area contributed by atoms with Gasteiger partial charge in [-0.2, -0.15) is 8.42 Å². The summed E-state index contributed by atoms with van der Waals surface area (Å²) in [5.41, 5.74) is 0.956. The fourth-order valence-electron chi connectivity index (χ4n) is 0.785. The minimum absolute atomic E-state index is 0.00926. The fraction of sp³-hybridized carbons (Fsp3) is 0.455. The highest BCUT2D eigenvalue weighted by Gasteiger charge is 2.06. The molecule has 98 valence electrons. The number of rotatable bonds is 3. The number of aliphatic hydroxyl groups excluding tert-OH is 1. The van der Waals surface area contributed by atoms with E-state index < -0.39 is 10.1 Å². The van der Waals surface area contributed by atoms with E-state index >= 15 is 0 Å². The van der Waals surface area contributed by atoms with Crippen molar-refractivity contribution in [3.8, 4) is 0 Å².